The second-order valence-electron chi connectivity index (χ2n) is 5.62. The molecular formula is C15H25N3O3. The molecule has 118 valence electrons. The number of amides is 1. The lowest BCUT2D eigenvalue weighted by molar-refractivity contribution is -0.137. The summed E-state index contributed by atoms with van der Waals surface area (Å²) in [7, 11) is 0. The molecule has 1 aliphatic rings. The van der Waals surface area contributed by atoms with Gasteiger partial charge in [-0.2, -0.15) is 4.98 Å². The molecule has 0 saturated carbocycles. The van der Waals surface area contributed by atoms with Crippen LogP contribution in [0.2, 0.25) is 0 Å². The van der Waals surface area contributed by atoms with Crippen LogP contribution in [0.1, 0.15) is 63.6 Å². The van der Waals surface area contributed by atoms with Gasteiger partial charge in [0.25, 0.3) is 0 Å². The van der Waals surface area contributed by atoms with Gasteiger partial charge in [0.05, 0.1) is 5.92 Å². The van der Waals surface area contributed by atoms with Gasteiger partial charge in [0.2, 0.25) is 11.8 Å². The van der Waals surface area contributed by atoms with Crippen LogP contribution >= 0.6 is 0 Å². The SMILES string of the molecule is CCOCC(=O)N1CCC[C@H](c2nc([C@@H](C)CC)no2)C1. The van der Waals surface area contributed by atoms with E-state index >= 15 is 0 Å². The topological polar surface area (TPSA) is 68.5 Å². The fraction of sp³-hybridized carbons (Fsp3) is 0.800. The predicted molar refractivity (Wildman–Crippen MR) is 78.1 cm³/mol. The summed E-state index contributed by atoms with van der Waals surface area (Å²) in [5.74, 6) is 1.93. The van der Waals surface area contributed by atoms with Gasteiger partial charge in [-0.3, -0.25) is 4.79 Å². The third kappa shape index (κ3) is 4.03. The first-order valence-corrected chi connectivity index (χ1v) is 7.84. The standard InChI is InChI=1S/C15H25N3O3/c1-4-11(3)14-16-15(21-17-14)12-7-6-8-18(9-12)13(19)10-20-5-2/h11-12H,4-10H2,1-3H3/t11-,12-/m0/s1. The molecule has 0 aromatic carbocycles. The first-order valence-electron chi connectivity index (χ1n) is 7.84. The van der Waals surface area contributed by atoms with E-state index in [1.807, 2.05) is 11.8 Å². The second kappa shape index (κ2) is 7.54. The molecule has 1 aromatic heterocycles. The van der Waals surface area contributed by atoms with Gasteiger partial charge in [-0.25, -0.2) is 0 Å². The van der Waals surface area contributed by atoms with Crippen molar-refractivity contribution < 1.29 is 14.1 Å². The fourth-order valence-corrected chi connectivity index (χ4v) is 2.48. The Labute approximate surface area is 125 Å². The van der Waals surface area contributed by atoms with Crippen molar-refractivity contribution in [2.24, 2.45) is 0 Å². The minimum Gasteiger partial charge on any atom is -0.372 e. The van der Waals surface area contributed by atoms with Crippen molar-refractivity contribution in [1.29, 1.82) is 0 Å². The predicted octanol–water partition coefficient (Wildman–Crippen LogP) is 2.33. The van der Waals surface area contributed by atoms with Crippen molar-refractivity contribution in [1.82, 2.24) is 15.0 Å². The number of aromatic nitrogens is 2. The summed E-state index contributed by atoms with van der Waals surface area (Å²) in [5, 5.41) is 4.07. The first kappa shape index (κ1) is 15.9. The zero-order chi connectivity index (χ0) is 15.2. The molecule has 21 heavy (non-hydrogen) atoms. The maximum atomic E-state index is 12.0. The minimum absolute atomic E-state index is 0.0446. The van der Waals surface area contributed by atoms with Gasteiger partial charge < -0.3 is 14.2 Å². The molecule has 0 unspecified atom stereocenters. The Bertz CT molecular complexity index is 461. The van der Waals surface area contributed by atoms with Crippen molar-refractivity contribution in [3.63, 3.8) is 0 Å². The molecule has 0 bridgehead atoms. The molecule has 1 aliphatic heterocycles. The molecule has 1 fully saturated rings. The van der Waals surface area contributed by atoms with E-state index in [1.54, 1.807) is 0 Å². The number of ether oxygens (including phenoxy) is 1. The maximum Gasteiger partial charge on any atom is 0.248 e. The summed E-state index contributed by atoms with van der Waals surface area (Å²) < 4.78 is 10.6. The summed E-state index contributed by atoms with van der Waals surface area (Å²) in [5.41, 5.74) is 0. The van der Waals surface area contributed by atoms with E-state index in [0.717, 1.165) is 31.6 Å². The highest BCUT2D eigenvalue weighted by Gasteiger charge is 2.28. The van der Waals surface area contributed by atoms with Crippen LogP contribution in [0.5, 0.6) is 0 Å². The number of hydrogen-bond acceptors (Lipinski definition) is 5. The molecule has 0 spiro atoms. The molecule has 0 radical (unpaired) electrons. The summed E-state index contributed by atoms with van der Waals surface area (Å²) in [6, 6.07) is 0. The van der Waals surface area contributed by atoms with Gasteiger partial charge in [-0.05, 0) is 26.2 Å². The summed E-state index contributed by atoms with van der Waals surface area (Å²) in [4.78, 5) is 18.4. The number of piperidine rings is 1. The zero-order valence-corrected chi connectivity index (χ0v) is 13.2. The monoisotopic (exact) mass is 295 g/mol. The van der Waals surface area contributed by atoms with Crippen molar-refractivity contribution in [3.8, 4) is 0 Å². The van der Waals surface area contributed by atoms with Crippen LogP contribution in [-0.2, 0) is 9.53 Å². The highest BCUT2D eigenvalue weighted by atomic mass is 16.5. The van der Waals surface area contributed by atoms with E-state index in [0.29, 0.717) is 25.0 Å². The average molecular weight is 295 g/mol. The van der Waals surface area contributed by atoms with Crippen LogP contribution in [-0.4, -0.2) is 47.3 Å². The lowest BCUT2D eigenvalue weighted by Gasteiger charge is -2.30. The largest absolute Gasteiger partial charge is 0.372 e. The third-order valence-electron chi connectivity index (χ3n) is 4.06. The smallest absolute Gasteiger partial charge is 0.248 e. The number of likely N-dealkylation sites (tertiary alicyclic amines) is 1. The quantitative estimate of drug-likeness (QED) is 0.805. The Morgan fingerprint density at radius 2 is 2.33 bits per heavy atom. The average Bonchev–Trinajstić information content (AvgIpc) is 3.02. The Balaban J connectivity index is 1.97. The molecule has 2 rings (SSSR count). The van der Waals surface area contributed by atoms with Crippen LogP contribution in [0.25, 0.3) is 0 Å². The number of nitrogens with zero attached hydrogens (tertiary/aromatic N) is 3. The second-order valence-corrected chi connectivity index (χ2v) is 5.62. The van der Waals surface area contributed by atoms with Gasteiger partial charge in [0.1, 0.15) is 6.61 Å². The molecule has 6 heteroatoms. The van der Waals surface area contributed by atoms with Crippen LogP contribution in [0.3, 0.4) is 0 Å². The highest BCUT2D eigenvalue weighted by molar-refractivity contribution is 5.77. The van der Waals surface area contributed by atoms with Crippen LogP contribution in [0.15, 0.2) is 4.52 Å². The van der Waals surface area contributed by atoms with Crippen molar-refractivity contribution in [2.75, 3.05) is 26.3 Å². The van der Waals surface area contributed by atoms with Crippen molar-refractivity contribution in [3.05, 3.63) is 11.7 Å². The molecule has 0 aliphatic carbocycles. The van der Waals surface area contributed by atoms with E-state index in [9.17, 15) is 4.79 Å². The normalized spacial score (nSPS) is 20.5. The van der Waals surface area contributed by atoms with Gasteiger partial charge in [-0.15, -0.1) is 0 Å². The molecule has 6 nitrogen and oxygen atoms in total. The van der Waals surface area contributed by atoms with E-state index in [2.05, 4.69) is 24.0 Å². The summed E-state index contributed by atoms with van der Waals surface area (Å²) >= 11 is 0. The molecule has 1 amide bonds. The van der Waals surface area contributed by atoms with Crippen molar-refractivity contribution in [2.45, 2.75) is 51.9 Å². The van der Waals surface area contributed by atoms with E-state index in [1.165, 1.54) is 0 Å². The third-order valence-corrected chi connectivity index (χ3v) is 4.06. The number of carbonyl (C=O) groups is 1. The first-order chi connectivity index (χ1) is 10.2. The zero-order valence-electron chi connectivity index (χ0n) is 13.2. The molecule has 2 heterocycles. The Morgan fingerprint density at radius 1 is 1.52 bits per heavy atom. The van der Waals surface area contributed by atoms with E-state index in [-0.39, 0.29) is 18.4 Å². The maximum absolute atomic E-state index is 12.0. The molecule has 1 saturated heterocycles. The van der Waals surface area contributed by atoms with Crippen molar-refractivity contribution >= 4 is 5.91 Å². The molecule has 0 N–H and O–H groups in total. The van der Waals surface area contributed by atoms with Crippen LogP contribution < -0.4 is 0 Å². The number of rotatable bonds is 6. The summed E-state index contributed by atoms with van der Waals surface area (Å²) in [6.45, 7) is 8.24. The molecule has 1 aromatic rings. The van der Waals surface area contributed by atoms with Gasteiger partial charge in [0.15, 0.2) is 5.82 Å². The van der Waals surface area contributed by atoms with E-state index in [4.69, 9.17) is 9.26 Å². The van der Waals surface area contributed by atoms with Crippen LogP contribution in [0.4, 0.5) is 0 Å². The highest BCUT2D eigenvalue weighted by Crippen LogP contribution is 2.27. The van der Waals surface area contributed by atoms with E-state index < -0.39 is 0 Å². The number of hydrogen-bond donors (Lipinski definition) is 0. The van der Waals surface area contributed by atoms with Crippen LogP contribution in [0, 0.1) is 0 Å². The molecular weight excluding hydrogens is 270 g/mol. The Hall–Kier alpha value is -1.43. The Kier molecular flexibility index (Phi) is 5.73. The van der Waals surface area contributed by atoms with Gasteiger partial charge >= 0.3 is 0 Å². The number of carbonyl (C=O) groups excluding carboxylic acids is 1. The molecule has 2 atom stereocenters. The minimum atomic E-state index is 0.0446. The fourth-order valence-electron chi connectivity index (χ4n) is 2.48. The lowest BCUT2D eigenvalue weighted by atomic mass is 9.98. The van der Waals surface area contributed by atoms with Gasteiger partial charge in [0, 0.05) is 25.6 Å². The lowest BCUT2D eigenvalue weighted by Crippen LogP contribution is -2.41. The summed E-state index contributed by atoms with van der Waals surface area (Å²) in [6.07, 6.45) is 2.94. The Morgan fingerprint density at radius 3 is 3.05 bits per heavy atom. The van der Waals surface area contributed by atoms with Gasteiger partial charge in [-0.1, -0.05) is 19.0 Å².